The third-order valence-electron chi connectivity index (χ3n) is 8.00. The second kappa shape index (κ2) is 13.0. The summed E-state index contributed by atoms with van der Waals surface area (Å²) in [7, 11) is 4.62. The van der Waals surface area contributed by atoms with Gasteiger partial charge in [0.15, 0.2) is 28.8 Å². The van der Waals surface area contributed by atoms with Gasteiger partial charge in [-0.1, -0.05) is 36.4 Å². The highest BCUT2D eigenvalue weighted by Crippen LogP contribution is 2.48. The van der Waals surface area contributed by atoms with Gasteiger partial charge in [0, 0.05) is 35.7 Å². The molecule has 1 aliphatic carbocycles. The van der Waals surface area contributed by atoms with Crippen LogP contribution in [0.1, 0.15) is 48.3 Å². The topological polar surface area (TPSA) is 103 Å². The molecule has 0 saturated carbocycles. The average molecular weight is 649 g/mol. The predicted molar refractivity (Wildman–Crippen MR) is 166 cm³/mol. The van der Waals surface area contributed by atoms with E-state index < -0.39 is 11.9 Å². The van der Waals surface area contributed by atoms with Crippen molar-refractivity contribution < 1.29 is 33.6 Å². The zero-order chi connectivity index (χ0) is 30.7. The Hall–Kier alpha value is -4.24. The largest absolute Gasteiger partial charge is 0.503 e. The fourth-order valence-corrected chi connectivity index (χ4v) is 6.35. The van der Waals surface area contributed by atoms with Crippen molar-refractivity contribution in [3.8, 4) is 23.0 Å². The minimum absolute atomic E-state index is 0.0643. The molecule has 2 atom stereocenters. The molecule has 43 heavy (non-hydrogen) atoms. The Kier molecular flexibility index (Phi) is 9.11. The Bertz CT molecular complexity index is 1610. The van der Waals surface area contributed by atoms with E-state index in [1.165, 1.54) is 7.11 Å². The first-order valence-electron chi connectivity index (χ1n) is 14.0. The van der Waals surface area contributed by atoms with Crippen LogP contribution in [0.2, 0.25) is 0 Å². The number of carbonyl (C=O) groups is 2. The summed E-state index contributed by atoms with van der Waals surface area (Å²) >= 11 is 3.41. The highest BCUT2D eigenvalue weighted by molar-refractivity contribution is 9.10. The summed E-state index contributed by atoms with van der Waals surface area (Å²) in [4.78, 5) is 27.7. The van der Waals surface area contributed by atoms with E-state index in [9.17, 15) is 14.7 Å². The zero-order valence-electron chi connectivity index (χ0n) is 24.5. The minimum Gasteiger partial charge on any atom is -0.503 e. The molecule has 0 fully saturated rings. The van der Waals surface area contributed by atoms with Gasteiger partial charge in [0.2, 0.25) is 0 Å². The van der Waals surface area contributed by atoms with Crippen molar-refractivity contribution in [1.29, 1.82) is 0 Å². The van der Waals surface area contributed by atoms with Gasteiger partial charge in [-0.3, -0.25) is 4.79 Å². The number of carbonyl (C=O) groups excluding carboxylic acids is 2. The molecule has 224 valence electrons. The molecule has 2 N–H and O–H groups in total. The highest BCUT2D eigenvalue weighted by atomic mass is 79.9. The molecule has 3 aromatic rings. The number of halogens is 1. The molecule has 0 radical (unpaired) electrons. The number of rotatable bonds is 9. The number of Topliss-reactive ketones (excluding diaryl/α,β-unsaturated/α-hetero) is 1. The van der Waals surface area contributed by atoms with Crippen molar-refractivity contribution in [2.24, 2.45) is 0 Å². The summed E-state index contributed by atoms with van der Waals surface area (Å²) in [5.74, 6) is -0.0297. The van der Waals surface area contributed by atoms with Gasteiger partial charge in [-0.05, 0) is 76.1 Å². The summed E-state index contributed by atoms with van der Waals surface area (Å²) in [6, 6.07) is 18.9. The Morgan fingerprint density at radius 2 is 1.63 bits per heavy atom. The lowest BCUT2D eigenvalue weighted by molar-refractivity contribution is -0.139. The molecule has 9 heteroatoms. The minimum atomic E-state index is -0.717. The lowest BCUT2D eigenvalue weighted by Crippen LogP contribution is -2.36. The molecule has 0 saturated heterocycles. The fraction of sp³-hybridized carbons (Fsp3) is 0.294. The van der Waals surface area contributed by atoms with Gasteiger partial charge in [0.05, 0.1) is 38.0 Å². The summed E-state index contributed by atoms with van der Waals surface area (Å²) in [6.07, 6.45) is 1.37. The number of phenols is 1. The van der Waals surface area contributed by atoms with Crippen molar-refractivity contribution >= 4 is 27.7 Å². The van der Waals surface area contributed by atoms with Crippen LogP contribution in [0.3, 0.4) is 0 Å². The monoisotopic (exact) mass is 647 g/mol. The summed E-state index contributed by atoms with van der Waals surface area (Å²) in [5.41, 5.74) is 4.86. The van der Waals surface area contributed by atoms with Gasteiger partial charge in [0.25, 0.3) is 0 Å². The third-order valence-corrected chi connectivity index (χ3v) is 8.60. The quantitative estimate of drug-likeness (QED) is 0.260. The van der Waals surface area contributed by atoms with E-state index in [-0.39, 0.29) is 36.2 Å². The normalized spacial score (nSPS) is 18.1. The van der Waals surface area contributed by atoms with Crippen LogP contribution in [0, 0.1) is 0 Å². The Morgan fingerprint density at radius 1 is 0.930 bits per heavy atom. The first-order chi connectivity index (χ1) is 20.7. The molecular formula is C34H34BrNO7. The number of nitrogens with one attached hydrogen (secondary N) is 1. The predicted octanol–water partition coefficient (Wildman–Crippen LogP) is 6.33. The van der Waals surface area contributed by atoms with Crippen molar-refractivity contribution in [3.05, 3.63) is 104 Å². The van der Waals surface area contributed by atoms with Gasteiger partial charge < -0.3 is 29.4 Å². The van der Waals surface area contributed by atoms with Gasteiger partial charge in [0.1, 0.15) is 0 Å². The molecule has 8 nitrogen and oxygen atoms in total. The number of ether oxygens (including phenoxy) is 4. The highest BCUT2D eigenvalue weighted by Gasteiger charge is 2.42. The van der Waals surface area contributed by atoms with Crippen molar-refractivity contribution in [2.75, 3.05) is 27.9 Å². The molecule has 1 heterocycles. The van der Waals surface area contributed by atoms with Crippen LogP contribution in [-0.2, 0) is 20.7 Å². The smallest absolute Gasteiger partial charge is 0.336 e. The Balaban J connectivity index is 1.52. The number of aromatic hydroxyl groups is 1. The van der Waals surface area contributed by atoms with Crippen LogP contribution in [-0.4, -0.2) is 44.8 Å². The number of esters is 1. The van der Waals surface area contributed by atoms with Crippen molar-refractivity contribution in [3.63, 3.8) is 0 Å². The van der Waals surface area contributed by atoms with Crippen molar-refractivity contribution in [2.45, 2.75) is 38.0 Å². The van der Waals surface area contributed by atoms with Gasteiger partial charge in [-0.25, -0.2) is 4.79 Å². The van der Waals surface area contributed by atoms with E-state index >= 15 is 0 Å². The SMILES string of the molecule is COc1ccc([C@H]2CC(=O)C3=C(C2)NC(C)=C(C(=O)OCCc2ccccc2)[C@H]3c2cc(Br)c(O)c(OC)c2)cc1OC. The molecule has 0 bridgehead atoms. The van der Waals surface area contributed by atoms with E-state index in [0.29, 0.717) is 51.2 Å². The number of hydrogen-bond acceptors (Lipinski definition) is 8. The first-order valence-corrected chi connectivity index (χ1v) is 14.8. The third kappa shape index (κ3) is 6.13. The Morgan fingerprint density at radius 3 is 2.33 bits per heavy atom. The molecule has 1 aliphatic heterocycles. The average Bonchev–Trinajstić information content (AvgIpc) is 3.01. The molecule has 0 spiro atoms. The van der Waals surface area contributed by atoms with Crippen LogP contribution >= 0.6 is 15.9 Å². The number of allylic oxidation sites excluding steroid dienone is 3. The van der Waals surface area contributed by atoms with Crippen LogP contribution in [0.15, 0.2) is 87.7 Å². The van der Waals surface area contributed by atoms with Crippen LogP contribution in [0.4, 0.5) is 0 Å². The maximum Gasteiger partial charge on any atom is 0.336 e. The number of benzene rings is 3. The molecular weight excluding hydrogens is 614 g/mol. The van der Waals surface area contributed by atoms with E-state index in [2.05, 4.69) is 21.2 Å². The van der Waals surface area contributed by atoms with E-state index in [4.69, 9.17) is 18.9 Å². The lowest BCUT2D eigenvalue weighted by Gasteiger charge is -2.37. The number of hydrogen-bond donors (Lipinski definition) is 2. The van der Waals surface area contributed by atoms with Gasteiger partial charge in [-0.15, -0.1) is 0 Å². The molecule has 5 rings (SSSR count). The maximum absolute atomic E-state index is 14.0. The second-order valence-corrected chi connectivity index (χ2v) is 11.4. The Labute approximate surface area is 259 Å². The van der Waals surface area contributed by atoms with Crippen LogP contribution in [0.25, 0.3) is 0 Å². The standard InChI is InChI=1S/C34H34BrNO7/c1-19-30(34(39)43-13-12-20-8-6-5-7-9-20)31(23-14-24(35)33(38)29(18-23)42-4)32-25(36-19)15-22(16-26(32)37)21-10-11-27(40-2)28(17-21)41-3/h5-11,14,17-18,22,31,36,38H,12-13,15-16H2,1-4H3/t22-,31-/m1/s1. The summed E-state index contributed by atoms with van der Waals surface area (Å²) in [6.45, 7) is 2.01. The number of phenolic OH excluding ortho intramolecular Hbond substituents is 1. The van der Waals surface area contributed by atoms with Gasteiger partial charge in [-0.2, -0.15) is 0 Å². The maximum atomic E-state index is 14.0. The van der Waals surface area contributed by atoms with Gasteiger partial charge >= 0.3 is 5.97 Å². The molecule has 3 aromatic carbocycles. The lowest BCUT2D eigenvalue weighted by atomic mass is 9.71. The number of ketones is 1. The molecule has 0 aromatic heterocycles. The zero-order valence-corrected chi connectivity index (χ0v) is 26.1. The van der Waals surface area contributed by atoms with Crippen LogP contribution in [0.5, 0.6) is 23.0 Å². The number of dihydropyridines is 1. The van der Waals surface area contributed by atoms with Crippen LogP contribution < -0.4 is 19.5 Å². The molecule has 0 unspecified atom stereocenters. The van der Waals surface area contributed by atoms with Crippen molar-refractivity contribution in [1.82, 2.24) is 5.32 Å². The fourth-order valence-electron chi connectivity index (χ4n) is 5.89. The van der Waals surface area contributed by atoms with E-state index in [1.807, 2.05) is 55.5 Å². The van der Waals surface area contributed by atoms with E-state index in [1.54, 1.807) is 26.4 Å². The summed E-state index contributed by atoms with van der Waals surface area (Å²) in [5, 5.41) is 13.9. The molecule has 0 amide bonds. The first kappa shape index (κ1) is 30.2. The number of methoxy groups -OCH3 is 3. The molecule has 2 aliphatic rings. The van der Waals surface area contributed by atoms with E-state index in [0.717, 1.165) is 16.8 Å². The summed E-state index contributed by atoms with van der Waals surface area (Å²) < 4.78 is 22.5. The second-order valence-electron chi connectivity index (χ2n) is 10.6.